The Morgan fingerprint density at radius 3 is 1.94 bits per heavy atom. The third-order valence-electron chi connectivity index (χ3n) is 1.91. The minimum atomic E-state index is -3.38. The van der Waals surface area contributed by atoms with Crippen LogP contribution in [0.5, 0.6) is 0 Å². The lowest BCUT2D eigenvalue weighted by Gasteiger charge is -1.96. The molecule has 0 spiro atoms. The number of nitrogens with two attached hydrogens (primary N) is 1. The topological polar surface area (TPSA) is 69.4 Å². The average molecular weight is 273 g/mol. The summed E-state index contributed by atoms with van der Waals surface area (Å²) in [6.45, 7) is 6.09. The number of ether oxygens (including phenoxy) is 1. The summed E-state index contributed by atoms with van der Waals surface area (Å²) in [6.07, 6.45) is 2.28. The van der Waals surface area contributed by atoms with Gasteiger partial charge in [-0.15, -0.1) is 0 Å². The van der Waals surface area contributed by atoms with Crippen molar-refractivity contribution in [2.45, 2.75) is 32.4 Å². The molecule has 1 rings (SSSR count). The first-order valence-electron chi connectivity index (χ1n) is 6.11. The SMILES string of the molecule is CCCOCCC.NS(=O)(=O)Cc1ccccc1. The maximum atomic E-state index is 10.6. The maximum Gasteiger partial charge on any atom is 0.213 e. The summed E-state index contributed by atoms with van der Waals surface area (Å²) in [5.74, 6) is -0.0894. The number of benzene rings is 1. The quantitative estimate of drug-likeness (QED) is 0.808. The molecule has 0 aliphatic heterocycles. The van der Waals surface area contributed by atoms with Crippen LogP contribution in [0.1, 0.15) is 32.3 Å². The van der Waals surface area contributed by atoms with E-state index < -0.39 is 10.0 Å². The highest BCUT2D eigenvalue weighted by atomic mass is 32.2. The summed E-state index contributed by atoms with van der Waals surface area (Å²) >= 11 is 0. The van der Waals surface area contributed by atoms with Crippen LogP contribution in [0, 0.1) is 0 Å². The molecule has 18 heavy (non-hydrogen) atoms. The van der Waals surface area contributed by atoms with Gasteiger partial charge in [0.1, 0.15) is 0 Å². The van der Waals surface area contributed by atoms with Crippen molar-refractivity contribution in [3.05, 3.63) is 35.9 Å². The Kier molecular flexibility index (Phi) is 9.55. The highest BCUT2D eigenvalue weighted by Gasteiger charge is 2.02. The van der Waals surface area contributed by atoms with Gasteiger partial charge < -0.3 is 4.74 Å². The molecule has 0 unspecified atom stereocenters. The van der Waals surface area contributed by atoms with Gasteiger partial charge in [-0.1, -0.05) is 44.2 Å². The van der Waals surface area contributed by atoms with E-state index in [2.05, 4.69) is 13.8 Å². The van der Waals surface area contributed by atoms with E-state index in [1.54, 1.807) is 24.3 Å². The average Bonchev–Trinajstić information content (AvgIpc) is 2.30. The fraction of sp³-hybridized carbons (Fsp3) is 0.538. The van der Waals surface area contributed by atoms with Crippen LogP contribution in [0.2, 0.25) is 0 Å². The molecule has 2 N–H and O–H groups in total. The predicted molar refractivity (Wildman–Crippen MR) is 74.7 cm³/mol. The van der Waals surface area contributed by atoms with Gasteiger partial charge in [-0.25, -0.2) is 13.6 Å². The Morgan fingerprint density at radius 1 is 1.06 bits per heavy atom. The molecular formula is C13H23NO3S. The highest BCUT2D eigenvalue weighted by molar-refractivity contribution is 7.88. The van der Waals surface area contributed by atoms with Crippen molar-refractivity contribution in [3.63, 3.8) is 0 Å². The lowest BCUT2D eigenvalue weighted by atomic mass is 10.2. The van der Waals surface area contributed by atoms with Gasteiger partial charge in [0.15, 0.2) is 0 Å². The molecule has 0 aliphatic rings. The molecule has 0 bridgehead atoms. The fourth-order valence-corrected chi connectivity index (χ4v) is 1.85. The lowest BCUT2D eigenvalue weighted by molar-refractivity contribution is 0.135. The first-order valence-corrected chi connectivity index (χ1v) is 7.83. The molecule has 1 aromatic carbocycles. The standard InChI is InChI=1S/C7H9NO2S.C6H14O/c8-11(9,10)6-7-4-2-1-3-5-7;1-3-5-7-6-4-2/h1-5H,6H2,(H2,8,9,10);3-6H2,1-2H3. The number of hydrogen-bond donors (Lipinski definition) is 1. The Labute approximate surface area is 110 Å². The largest absolute Gasteiger partial charge is 0.381 e. The molecule has 5 heteroatoms. The number of rotatable bonds is 6. The van der Waals surface area contributed by atoms with Crippen molar-refractivity contribution >= 4 is 10.0 Å². The van der Waals surface area contributed by atoms with E-state index in [1.165, 1.54) is 0 Å². The third kappa shape index (κ3) is 11.6. The zero-order chi connectivity index (χ0) is 13.9. The highest BCUT2D eigenvalue weighted by Crippen LogP contribution is 2.01. The zero-order valence-electron chi connectivity index (χ0n) is 11.1. The van der Waals surface area contributed by atoms with Crippen LogP contribution in [0.4, 0.5) is 0 Å². The zero-order valence-corrected chi connectivity index (χ0v) is 11.9. The second-order valence-corrected chi connectivity index (χ2v) is 5.52. The molecule has 0 saturated heterocycles. The first kappa shape index (κ1) is 17.1. The van der Waals surface area contributed by atoms with Gasteiger partial charge >= 0.3 is 0 Å². The van der Waals surface area contributed by atoms with E-state index in [0.717, 1.165) is 31.6 Å². The summed E-state index contributed by atoms with van der Waals surface area (Å²) < 4.78 is 26.3. The Balaban J connectivity index is 0.000000360. The van der Waals surface area contributed by atoms with Crippen molar-refractivity contribution in [1.29, 1.82) is 0 Å². The summed E-state index contributed by atoms with van der Waals surface area (Å²) in [5, 5.41) is 4.84. The van der Waals surface area contributed by atoms with Crippen molar-refractivity contribution in [2.75, 3.05) is 13.2 Å². The molecule has 0 heterocycles. The van der Waals surface area contributed by atoms with Crippen molar-refractivity contribution in [1.82, 2.24) is 0 Å². The van der Waals surface area contributed by atoms with Crippen LogP contribution >= 0.6 is 0 Å². The molecular weight excluding hydrogens is 250 g/mol. The van der Waals surface area contributed by atoms with Gasteiger partial charge in [0.25, 0.3) is 0 Å². The summed E-state index contributed by atoms with van der Waals surface area (Å²) in [7, 11) is -3.38. The molecule has 0 aliphatic carbocycles. The van der Waals surface area contributed by atoms with E-state index >= 15 is 0 Å². The van der Waals surface area contributed by atoms with Crippen LogP contribution in [-0.2, 0) is 20.5 Å². The van der Waals surface area contributed by atoms with Crippen LogP contribution in [0.15, 0.2) is 30.3 Å². The summed E-state index contributed by atoms with van der Waals surface area (Å²) in [4.78, 5) is 0. The Hall–Kier alpha value is -0.910. The molecule has 0 radical (unpaired) electrons. The predicted octanol–water partition coefficient (Wildman–Crippen LogP) is 2.30. The van der Waals surface area contributed by atoms with E-state index in [-0.39, 0.29) is 5.75 Å². The second-order valence-electron chi connectivity index (χ2n) is 3.91. The number of sulfonamides is 1. The van der Waals surface area contributed by atoms with Gasteiger partial charge in [-0.3, -0.25) is 0 Å². The summed E-state index contributed by atoms with van der Waals surface area (Å²) in [5.41, 5.74) is 0.718. The van der Waals surface area contributed by atoms with Gasteiger partial charge in [0, 0.05) is 13.2 Å². The van der Waals surface area contributed by atoms with E-state index in [9.17, 15) is 8.42 Å². The first-order chi connectivity index (χ1) is 8.49. The second kappa shape index (κ2) is 10.1. The molecule has 104 valence electrons. The number of hydrogen-bond acceptors (Lipinski definition) is 3. The molecule has 0 amide bonds. The van der Waals surface area contributed by atoms with E-state index in [4.69, 9.17) is 9.88 Å². The smallest absolute Gasteiger partial charge is 0.213 e. The monoisotopic (exact) mass is 273 g/mol. The molecule has 0 atom stereocenters. The van der Waals surface area contributed by atoms with Crippen LogP contribution in [-0.4, -0.2) is 21.6 Å². The fourth-order valence-electron chi connectivity index (χ4n) is 1.20. The van der Waals surface area contributed by atoms with Crippen molar-refractivity contribution in [2.24, 2.45) is 5.14 Å². The van der Waals surface area contributed by atoms with Gasteiger partial charge in [0.2, 0.25) is 10.0 Å². The van der Waals surface area contributed by atoms with Gasteiger partial charge in [0.05, 0.1) is 5.75 Å². The Bertz CT molecular complexity index is 386. The molecule has 4 nitrogen and oxygen atoms in total. The van der Waals surface area contributed by atoms with Crippen LogP contribution < -0.4 is 5.14 Å². The third-order valence-corrected chi connectivity index (χ3v) is 2.64. The van der Waals surface area contributed by atoms with Gasteiger partial charge in [-0.2, -0.15) is 0 Å². The van der Waals surface area contributed by atoms with Crippen molar-refractivity contribution < 1.29 is 13.2 Å². The normalized spacial score (nSPS) is 10.6. The molecule has 0 fully saturated rings. The van der Waals surface area contributed by atoms with Crippen LogP contribution in [0.3, 0.4) is 0 Å². The molecule has 1 aromatic rings. The van der Waals surface area contributed by atoms with E-state index in [0.29, 0.717) is 0 Å². The molecule has 0 aromatic heterocycles. The summed E-state index contributed by atoms with van der Waals surface area (Å²) in [6, 6.07) is 8.84. The van der Waals surface area contributed by atoms with Crippen molar-refractivity contribution in [3.8, 4) is 0 Å². The number of primary sulfonamides is 1. The van der Waals surface area contributed by atoms with E-state index in [1.807, 2.05) is 6.07 Å². The molecule has 0 saturated carbocycles. The maximum absolute atomic E-state index is 10.6. The minimum Gasteiger partial charge on any atom is -0.381 e. The van der Waals surface area contributed by atoms with Crippen LogP contribution in [0.25, 0.3) is 0 Å². The minimum absolute atomic E-state index is 0.0894. The van der Waals surface area contributed by atoms with Gasteiger partial charge in [-0.05, 0) is 18.4 Å². The Morgan fingerprint density at radius 2 is 1.56 bits per heavy atom. The lowest BCUT2D eigenvalue weighted by Crippen LogP contribution is -2.14.